The number of aryl methyl sites for hydroxylation is 1. The van der Waals surface area contributed by atoms with Gasteiger partial charge in [0.25, 0.3) is 0 Å². The number of carbonyl (C=O) groups is 1. The summed E-state index contributed by atoms with van der Waals surface area (Å²) in [5.41, 5.74) is 20.9. The molecule has 6 N–H and O–H groups in total. The van der Waals surface area contributed by atoms with Crippen molar-refractivity contribution in [1.29, 1.82) is 0 Å². The van der Waals surface area contributed by atoms with Crippen LogP contribution in [0.2, 0.25) is 0 Å². The number of benzene rings is 1. The second kappa shape index (κ2) is 10.5. The zero-order chi connectivity index (χ0) is 25.2. The normalized spacial score (nSPS) is 21.4. The molecule has 1 saturated heterocycles. The molecule has 3 unspecified atom stereocenters. The molecule has 192 valence electrons. The molecule has 3 atom stereocenters. The summed E-state index contributed by atoms with van der Waals surface area (Å²) in [6, 6.07) is 8.65. The van der Waals surface area contributed by atoms with E-state index in [1.165, 1.54) is 0 Å². The van der Waals surface area contributed by atoms with Crippen LogP contribution in [0.4, 0.5) is 5.82 Å². The lowest BCUT2D eigenvalue weighted by Crippen LogP contribution is -2.47. The number of thioether (sulfide) groups is 1. The SMILES string of the molecule is CCCCc1nc2c(N)nc3ccccc3c2n1CCN1C(N)=NC2CSC(CCCCC(N)=O)C21. The first-order chi connectivity index (χ1) is 17.5. The van der Waals surface area contributed by atoms with Gasteiger partial charge in [-0.25, -0.2) is 15.0 Å². The lowest BCUT2D eigenvalue weighted by molar-refractivity contribution is -0.118. The van der Waals surface area contributed by atoms with E-state index in [1.54, 1.807) is 0 Å². The average Bonchev–Trinajstić information content (AvgIpc) is 3.51. The highest BCUT2D eigenvalue weighted by Gasteiger charge is 2.45. The van der Waals surface area contributed by atoms with Gasteiger partial charge in [0.15, 0.2) is 11.8 Å². The second-order valence-corrected chi connectivity index (χ2v) is 11.1. The van der Waals surface area contributed by atoms with Crippen LogP contribution in [0.5, 0.6) is 0 Å². The Kier molecular flexibility index (Phi) is 7.22. The number of aliphatic imine (C=N–C) groups is 1. The largest absolute Gasteiger partial charge is 0.382 e. The number of unbranched alkanes of at least 4 members (excludes halogenated alkanes) is 2. The van der Waals surface area contributed by atoms with Crippen LogP contribution in [0.3, 0.4) is 0 Å². The molecule has 36 heavy (non-hydrogen) atoms. The van der Waals surface area contributed by atoms with Gasteiger partial charge in [-0.15, -0.1) is 0 Å². The summed E-state index contributed by atoms with van der Waals surface area (Å²) >= 11 is 1.98. The standard InChI is InChI=1S/C26H36N8OS/c1-2-3-12-21-32-22-23(16-8-4-5-9-17(16)30-25(22)28)33(21)13-14-34-24-18(31-26(34)29)15-36-19(24)10-6-7-11-20(27)35/h4-5,8-9,18-19,24H,2-3,6-7,10-15H2,1H3,(H2,27,35)(H2,28,30)(H2,29,31). The van der Waals surface area contributed by atoms with Crippen LogP contribution in [0.15, 0.2) is 29.3 Å². The van der Waals surface area contributed by atoms with E-state index in [9.17, 15) is 4.79 Å². The van der Waals surface area contributed by atoms with E-state index in [-0.39, 0.29) is 11.9 Å². The monoisotopic (exact) mass is 508 g/mol. The molecule has 9 nitrogen and oxygen atoms in total. The van der Waals surface area contributed by atoms with Gasteiger partial charge >= 0.3 is 0 Å². The van der Waals surface area contributed by atoms with Gasteiger partial charge in [-0.3, -0.25) is 4.79 Å². The van der Waals surface area contributed by atoms with E-state index in [2.05, 4.69) is 27.4 Å². The van der Waals surface area contributed by atoms with Crippen LogP contribution in [0.25, 0.3) is 21.9 Å². The average molecular weight is 509 g/mol. The summed E-state index contributed by atoms with van der Waals surface area (Å²) in [5, 5.41) is 1.52. The number of amides is 1. The Labute approximate surface area is 215 Å². The third-order valence-electron chi connectivity index (χ3n) is 7.38. The number of guanidine groups is 1. The van der Waals surface area contributed by atoms with E-state index in [1.807, 2.05) is 30.0 Å². The Morgan fingerprint density at radius 1 is 1.14 bits per heavy atom. The summed E-state index contributed by atoms with van der Waals surface area (Å²) in [6.07, 6.45) is 6.38. The maximum atomic E-state index is 11.1. The van der Waals surface area contributed by atoms with Gasteiger partial charge in [0.05, 0.1) is 23.1 Å². The van der Waals surface area contributed by atoms with E-state index < -0.39 is 0 Å². The van der Waals surface area contributed by atoms with Gasteiger partial charge in [-0.2, -0.15) is 11.8 Å². The van der Waals surface area contributed by atoms with Crippen LogP contribution >= 0.6 is 11.8 Å². The fourth-order valence-electron chi connectivity index (χ4n) is 5.63. The van der Waals surface area contributed by atoms with Crippen molar-refractivity contribution in [1.82, 2.24) is 19.4 Å². The van der Waals surface area contributed by atoms with E-state index in [0.717, 1.165) is 85.1 Å². The molecular formula is C26H36N8OS. The summed E-state index contributed by atoms with van der Waals surface area (Å²) in [6.45, 7) is 3.71. The molecule has 0 saturated carbocycles. The maximum absolute atomic E-state index is 11.1. The van der Waals surface area contributed by atoms with Gasteiger partial charge in [-0.1, -0.05) is 38.0 Å². The molecule has 4 heterocycles. The van der Waals surface area contributed by atoms with Gasteiger partial charge in [-0.05, 0) is 25.3 Å². The number of hydrogen-bond acceptors (Lipinski definition) is 8. The number of nitrogen functional groups attached to an aromatic ring is 1. The van der Waals surface area contributed by atoms with Crippen LogP contribution < -0.4 is 17.2 Å². The van der Waals surface area contributed by atoms with E-state index >= 15 is 0 Å². The first-order valence-corrected chi connectivity index (χ1v) is 14.1. The highest BCUT2D eigenvalue weighted by atomic mass is 32.2. The first-order valence-electron chi connectivity index (χ1n) is 13.0. The Morgan fingerprint density at radius 2 is 1.97 bits per heavy atom. The van der Waals surface area contributed by atoms with Crippen molar-refractivity contribution in [3.05, 3.63) is 30.1 Å². The highest BCUT2D eigenvalue weighted by molar-refractivity contribution is 8.00. The van der Waals surface area contributed by atoms with Gasteiger partial charge in [0.2, 0.25) is 5.91 Å². The smallest absolute Gasteiger partial charge is 0.217 e. The minimum atomic E-state index is -0.225. The number of fused-ring (bicyclic) bond motifs is 4. The Bertz CT molecular complexity index is 1290. The van der Waals surface area contributed by atoms with Crippen molar-refractivity contribution in [3.63, 3.8) is 0 Å². The van der Waals surface area contributed by atoms with Crippen molar-refractivity contribution < 1.29 is 4.79 Å². The summed E-state index contributed by atoms with van der Waals surface area (Å²) in [5.74, 6) is 2.93. The first kappa shape index (κ1) is 24.7. The minimum Gasteiger partial charge on any atom is -0.382 e. The number of hydrogen-bond donors (Lipinski definition) is 3. The predicted molar refractivity (Wildman–Crippen MR) is 148 cm³/mol. The number of carbonyl (C=O) groups excluding carboxylic acids is 1. The fraction of sp³-hybridized carbons (Fsp3) is 0.538. The summed E-state index contributed by atoms with van der Waals surface area (Å²) in [7, 11) is 0. The van der Waals surface area contributed by atoms with Crippen molar-refractivity contribution >= 4 is 51.4 Å². The van der Waals surface area contributed by atoms with Crippen LogP contribution in [-0.2, 0) is 17.8 Å². The second-order valence-electron chi connectivity index (χ2n) is 9.82. The quantitative estimate of drug-likeness (QED) is 0.338. The number of primary amides is 1. The van der Waals surface area contributed by atoms with Crippen molar-refractivity contribution in [2.45, 2.75) is 75.7 Å². The molecule has 5 rings (SSSR count). The number of nitrogens with two attached hydrogens (primary N) is 3. The number of imidazole rings is 1. The number of rotatable bonds is 11. The predicted octanol–water partition coefficient (Wildman–Crippen LogP) is 3.04. The van der Waals surface area contributed by atoms with Gasteiger partial charge in [0, 0.05) is 42.3 Å². The Hall–Kier alpha value is -3.01. The van der Waals surface area contributed by atoms with Crippen molar-refractivity contribution in [3.8, 4) is 0 Å². The third kappa shape index (κ3) is 4.70. The van der Waals surface area contributed by atoms with Crippen LogP contribution in [0, 0.1) is 0 Å². The van der Waals surface area contributed by atoms with Crippen LogP contribution in [0.1, 0.15) is 51.3 Å². The molecule has 0 bridgehead atoms. The van der Waals surface area contributed by atoms with E-state index in [0.29, 0.717) is 29.5 Å². The Morgan fingerprint density at radius 3 is 2.78 bits per heavy atom. The number of aromatic nitrogens is 3. The fourth-order valence-corrected chi connectivity index (χ4v) is 7.20. The lowest BCUT2D eigenvalue weighted by Gasteiger charge is -2.30. The van der Waals surface area contributed by atoms with Crippen molar-refractivity contribution in [2.24, 2.45) is 16.5 Å². The Balaban J connectivity index is 1.41. The maximum Gasteiger partial charge on any atom is 0.217 e. The number of pyridine rings is 1. The molecule has 2 aromatic heterocycles. The minimum absolute atomic E-state index is 0.225. The zero-order valence-electron chi connectivity index (χ0n) is 20.9. The molecule has 2 aliphatic heterocycles. The summed E-state index contributed by atoms with van der Waals surface area (Å²) < 4.78 is 2.33. The molecule has 1 fully saturated rings. The molecule has 2 aliphatic rings. The number of para-hydroxylation sites is 1. The molecule has 0 aliphatic carbocycles. The highest BCUT2D eigenvalue weighted by Crippen LogP contribution is 2.39. The molecule has 0 radical (unpaired) electrons. The topological polar surface area (TPSA) is 141 Å². The van der Waals surface area contributed by atoms with Gasteiger partial charge in [0.1, 0.15) is 11.3 Å². The van der Waals surface area contributed by atoms with Crippen LogP contribution in [-0.4, -0.2) is 60.9 Å². The van der Waals surface area contributed by atoms with Gasteiger partial charge < -0.3 is 26.7 Å². The third-order valence-corrected chi connectivity index (χ3v) is 8.85. The van der Waals surface area contributed by atoms with E-state index in [4.69, 9.17) is 27.2 Å². The molecule has 1 amide bonds. The van der Waals surface area contributed by atoms with Crippen molar-refractivity contribution in [2.75, 3.05) is 18.0 Å². The molecule has 3 aromatic rings. The lowest BCUT2D eigenvalue weighted by atomic mass is 10.0. The number of anilines is 1. The zero-order valence-corrected chi connectivity index (χ0v) is 21.7. The molecule has 1 aromatic carbocycles. The molecular weight excluding hydrogens is 472 g/mol. The summed E-state index contributed by atoms with van der Waals surface area (Å²) in [4.78, 5) is 27.8. The number of nitrogens with zero attached hydrogens (tertiary/aromatic N) is 5. The molecule has 0 spiro atoms. The molecule has 10 heteroatoms.